The molecule has 4 heteroatoms. The van der Waals surface area contributed by atoms with Gasteiger partial charge in [-0.25, -0.2) is 0 Å². The minimum absolute atomic E-state index is 0.0380. The summed E-state index contributed by atoms with van der Waals surface area (Å²) in [6, 6.07) is 0. The van der Waals surface area contributed by atoms with Gasteiger partial charge in [0.1, 0.15) is 0 Å². The van der Waals surface area contributed by atoms with E-state index in [4.69, 9.17) is 18.9 Å². The summed E-state index contributed by atoms with van der Waals surface area (Å²) in [6.45, 7) is 3.31. The van der Waals surface area contributed by atoms with Crippen molar-refractivity contribution in [3.63, 3.8) is 0 Å². The Morgan fingerprint density at radius 3 is 2.84 bits per heavy atom. The van der Waals surface area contributed by atoms with Crippen molar-refractivity contribution in [1.29, 1.82) is 0 Å². The van der Waals surface area contributed by atoms with Crippen LogP contribution in [-0.2, 0) is 18.9 Å². The predicted octanol–water partition coefficient (Wildman–Crippen LogP) is 2.50. The fraction of sp³-hybridized carbons (Fsp3) is 1.00. The van der Waals surface area contributed by atoms with Gasteiger partial charge in [0.15, 0.2) is 6.29 Å². The second kappa shape index (κ2) is 7.02. The lowest BCUT2D eigenvalue weighted by atomic mass is 9.90. The van der Waals surface area contributed by atoms with Gasteiger partial charge in [-0.15, -0.1) is 0 Å². The molecule has 0 bridgehead atoms. The van der Waals surface area contributed by atoms with Crippen LogP contribution in [0.1, 0.15) is 44.9 Å². The maximum Gasteiger partial charge on any atom is 0.157 e. The average Bonchev–Trinajstić information content (AvgIpc) is 3.22. The maximum atomic E-state index is 5.75. The van der Waals surface area contributed by atoms with Gasteiger partial charge in [0.05, 0.1) is 18.8 Å². The smallest absolute Gasteiger partial charge is 0.157 e. The summed E-state index contributed by atoms with van der Waals surface area (Å²) in [5, 5.41) is 0. The monoisotopic (exact) mass is 270 g/mol. The Balaban J connectivity index is 1.16. The van der Waals surface area contributed by atoms with E-state index in [-0.39, 0.29) is 6.29 Å². The van der Waals surface area contributed by atoms with Crippen LogP contribution in [0.15, 0.2) is 0 Å². The van der Waals surface area contributed by atoms with Gasteiger partial charge in [0.25, 0.3) is 0 Å². The second-order valence-electron chi connectivity index (χ2n) is 5.99. The van der Waals surface area contributed by atoms with Crippen molar-refractivity contribution in [2.24, 2.45) is 5.92 Å². The molecule has 4 atom stereocenters. The van der Waals surface area contributed by atoms with Crippen LogP contribution in [0, 0.1) is 5.92 Å². The molecule has 0 radical (unpaired) electrons. The number of hydrogen-bond donors (Lipinski definition) is 0. The van der Waals surface area contributed by atoms with Crippen LogP contribution in [-0.4, -0.2) is 44.9 Å². The fourth-order valence-electron chi connectivity index (χ4n) is 3.11. The summed E-state index contributed by atoms with van der Waals surface area (Å²) < 4.78 is 22.5. The van der Waals surface area contributed by atoms with Crippen LogP contribution < -0.4 is 0 Å². The standard InChI is InChI=1S/C15H26O4/c1-2-8-17-15(4-1)18-9-3-7-16-11-12-5-6-13-14(10-12)19-13/h12-15H,1-11H2. The third kappa shape index (κ3) is 4.42. The summed E-state index contributed by atoms with van der Waals surface area (Å²) in [5.74, 6) is 0.714. The molecule has 4 nitrogen and oxygen atoms in total. The Labute approximate surface area is 115 Å². The Hall–Kier alpha value is -0.160. The number of epoxide rings is 1. The van der Waals surface area contributed by atoms with E-state index in [9.17, 15) is 0 Å². The Bertz CT molecular complexity index is 265. The quantitative estimate of drug-likeness (QED) is 0.526. The van der Waals surface area contributed by atoms with Crippen LogP contribution >= 0.6 is 0 Å². The fourth-order valence-corrected chi connectivity index (χ4v) is 3.11. The second-order valence-corrected chi connectivity index (χ2v) is 5.99. The zero-order valence-corrected chi connectivity index (χ0v) is 11.7. The summed E-state index contributed by atoms with van der Waals surface area (Å²) in [5.41, 5.74) is 0. The molecule has 3 rings (SSSR count). The van der Waals surface area contributed by atoms with Crippen molar-refractivity contribution >= 4 is 0 Å². The van der Waals surface area contributed by atoms with Gasteiger partial charge < -0.3 is 18.9 Å². The molecule has 0 aromatic carbocycles. The van der Waals surface area contributed by atoms with E-state index in [1.54, 1.807) is 0 Å². The van der Waals surface area contributed by atoms with Crippen molar-refractivity contribution < 1.29 is 18.9 Å². The van der Waals surface area contributed by atoms with Crippen LogP contribution in [0.4, 0.5) is 0 Å². The molecular weight excluding hydrogens is 244 g/mol. The van der Waals surface area contributed by atoms with E-state index in [2.05, 4.69) is 0 Å². The van der Waals surface area contributed by atoms with Crippen LogP contribution in [0.5, 0.6) is 0 Å². The Morgan fingerprint density at radius 1 is 1.00 bits per heavy atom. The van der Waals surface area contributed by atoms with Gasteiger partial charge >= 0.3 is 0 Å². The van der Waals surface area contributed by atoms with Crippen molar-refractivity contribution in [2.75, 3.05) is 26.4 Å². The van der Waals surface area contributed by atoms with Crippen molar-refractivity contribution in [1.82, 2.24) is 0 Å². The highest BCUT2D eigenvalue weighted by molar-refractivity contribution is 4.91. The van der Waals surface area contributed by atoms with Crippen molar-refractivity contribution in [3.05, 3.63) is 0 Å². The molecule has 2 saturated heterocycles. The van der Waals surface area contributed by atoms with Gasteiger partial charge in [-0.3, -0.25) is 0 Å². The zero-order chi connectivity index (χ0) is 12.9. The largest absolute Gasteiger partial charge is 0.381 e. The molecule has 0 spiro atoms. The molecule has 2 aliphatic heterocycles. The van der Waals surface area contributed by atoms with Crippen molar-refractivity contribution in [2.45, 2.75) is 63.4 Å². The molecule has 1 aliphatic carbocycles. The van der Waals surface area contributed by atoms with Gasteiger partial charge in [0.2, 0.25) is 0 Å². The molecule has 0 amide bonds. The molecule has 0 aromatic heterocycles. The first-order chi connectivity index (χ1) is 9.42. The van der Waals surface area contributed by atoms with Gasteiger partial charge in [-0.2, -0.15) is 0 Å². The van der Waals surface area contributed by atoms with Gasteiger partial charge in [-0.05, 0) is 50.9 Å². The summed E-state index contributed by atoms with van der Waals surface area (Å²) in [6.07, 6.45) is 9.33. The third-order valence-corrected chi connectivity index (χ3v) is 4.34. The maximum absolute atomic E-state index is 5.75. The van der Waals surface area contributed by atoms with Crippen LogP contribution in [0.25, 0.3) is 0 Å². The number of fused-ring (bicyclic) bond motifs is 1. The molecule has 0 N–H and O–H groups in total. The minimum atomic E-state index is 0.0380. The highest BCUT2D eigenvalue weighted by Gasteiger charge is 2.43. The molecule has 2 heterocycles. The molecule has 4 unspecified atom stereocenters. The lowest BCUT2D eigenvalue weighted by Crippen LogP contribution is -2.23. The number of ether oxygens (including phenoxy) is 4. The summed E-state index contributed by atoms with van der Waals surface area (Å²) >= 11 is 0. The molecule has 3 aliphatic rings. The first kappa shape index (κ1) is 13.8. The van der Waals surface area contributed by atoms with E-state index in [1.807, 2.05) is 0 Å². The molecular formula is C15H26O4. The summed E-state index contributed by atoms with van der Waals surface area (Å²) in [4.78, 5) is 0. The Morgan fingerprint density at radius 2 is 2.00 bits per heavy atom. The minimum Gasteiger partial charge on any atom is -0.381 e. The average molecular weight is 270 g/mol. The lowest BCUT2D eigenvalue weighted by molar-refractivity contribution is -0.164. The molecule has 0 aromatic rings. The number of hydrogen-bond acceptors (Lipinski definition) is 4. The highest BCUT2D eigenvalue weighted by atomic mass is 16.7. The first-order valence-corrected chi connectivity index (χ1v) is 7.88. The molecule has 19 heavy (non-hydrogen) atoms. The lowest BCUT2D eigenvalue weighted by Gasteiger charge is -2.22. The molecule has 110 valence electrons. The predicted molar refractivity (Wildman–Crippen MR) is 71.0 cm³/mol. The van der Waals surface area contributed by atoms with Crippen LogP contribution in [0.2, 0.25) is 0 Å². The zero-order valence-electron chi connectivity index (χ0n) is 11.7. The number of rotatable bonds is 7. The SMILES string of the molecule is C1CCC(OCCCOCC2CCC3OC3C2)OC1. The molecule has 1 saturated carbocycles. The van der Waals surface area contributed by atoms with E-state index in [1.165, 1.54) is 32.1 Å². The van der Waals surface area contributed by atoms with Crippen molar-refractivity contribution in [3.8, 4) is 0 Å². The van der Waals surface area contributed by atoms with E-state index in [0.717, 1.165) is 39.3 Å². The Kier molecular flexibility index (Phi) is 5.10. The van der Waals surface area contributed by atoms with E-state index < -0.39 is 0 Å². The van der Waals surface area contributed by atoms with E-state index in [0.29, 0.717) is 18.1 Å². The topological polar surface area (TPSA) is 40.2 Å². The summed E-state index contributed by atoms with van der Waals surface area (Å²) in [7, 11) is 0. The van der Waals surface area contributed by atoms with Gasteiger partial charge in [-0.1, -0.05) is 0 Å². The highest BCUT2D eigenvalue weighted by Crippen LogP contribution is 2.39. The third-order valence-electron chi connectivity index (χ3n) is 4.34. The van der Waals surface area contributed by atoms with E-state index >= 15 is 0 Å². The first-order valence-electron chi connectivity index (χ1n) is 7.88. The van der Waals surface area contributed by atoms with Crippen LogP contribution in [0.3, 0.4) is 0 Å². The normalized spacial score (nSPS) is 37.9. The van der Waals surface area contributed by atoms with Gasteiger partial charge in [0, 0.05) is 19.8 Å². The molecule has 3 fully saturated rings.